The number of ketones is 2. The lowest BCUT2D eigenvalue weighted by Crippen LogP contribution is -2.35. The van der Waals surface area contributed by atoms with Gasteiger partial charge in [-0.25, -0.2) is 0 Å². The van der Waals surface area contributed by atoms with Gasteiger partial charge in [0.15, 0.2) is 11.6 Å². The molecule has 5 heteroatoms. The van der Waals surface area contributed by atoms with Crippen LogP contribution >= 0.6 is 0 Å². The van der Waals surface area contributed by atoms with Gasteiger partial charge in [0.1, 0.15) is 5.78 Å². The van der Waals surface area contributed by atoms with Crippen LogP contribution in [0.1, 0.15) is 12.8 Å². The van der Waals surface area contributed by atoms with Gasteiger partial charge in [-0.05, 0) is 6.08 Å². The Morgan fingerprint density at radius 1 is 1.25 bits per heavy atom. The monoisotopic (exact) mass is 215 g/mol. The molecular weight excluding hydrogens is 206 g/mol. The van der Waals surface area contributed by atoms with E-state index >= 15 is 0 Å². The van der Waals surface area contributed by atoms with Gasteiger partial charge in [-0.15, -0.1) is 0 Å². The van der Waals surface area contributed by atoms with Crippen molar-refractivity contribution in [1.29, 1.82) is 0 Å². The highest BCUT2D eigenvalue weighted by Crippen LogP contribution is 2.27. The molecule has 1 aliphatic carbocycles. The van der Waals surface area contributed by atoms with E-state index in [1.807, 2.05) is 0 Å². The lowest BCUT2D eigenvalue weighted by Gasteiger charge is -2.29. The van der Waals surface area contributed by atoms with E-state index in [4.69, 9.17) is 0 Å². The largest absolute Gasteiger partial charge is 0.305 e. The van der Waals surface area contributed by atoms with Gasteiger partial charge in [0.25, 0.3) is 0 Å². The molecule has 2 aliphatic heterocycles. The fourth-order valence-corrected chi connectivity index (χ4v) is 2.03. The van der Waals surface area contributed by atoms with Crippen LogP contribution in [0.2, 0.25) is 0 Å². The van der Waals surface area contributed by atoms with Gasteiger partial charge in [-0.3, -0.25) is 15.0 Å². The first-order chi connectivity index (χ1) is 7.75. The average molecular weight is 215 g/mol. The number of allylic oxidation sites excluding steroid dienone is 2. The molecule has 0 saturated carbocycles. The van der Waals surface area contributed by atoms with E-state index in [0.29, 0.717) is 11.4 Å². The first kappa shape index (κ1) is 9.08. The number of carbonyl (C=O) groups excluding carboxylic acids is 2. The number of hydrogen-bond donors (Lipinski definition) is 1. The Labute approximate surface area is 91.8 Å². The van der Waals surface area contributed by atoms with Gasteiger partial charge in [0.05, 0.1) is 6.42 Å². The molecular formula is C11H9N3O2. The Balaban J connectivity index is 2.11. The maximum absolute atomic E-state index is 11.7. The molecule has 5 nitrogen and oxygen atoms in total. The second-order valence-electron chi connectivity index (χ2n) is 3.81. The first-order valence-electron chi connectivity index (χ1n) is 5.00. The number of fused-ring (bicyclic) bond motifs is 2. The smallest absolute Gasteiger partial charge is 0.170 e. The van der Waals surface area contributed by atoms with Crippen LogP contribution in [0.4, 0.5) is 0 Å². The van der Waals surface area contributed by atoms with Crippen molar-refractivity contribution in [2.75, 3.05) is 0 Å². The van der Waals surface area contributed by atoms with E-state index in [1.54, 1.807) is 29.6 Å². The minimum Gasteiger partial charge on any atom is -0.305 e. The summed E-state index contributed by atoms with van der Waals surface area (Å²) in [6.07, 6.45) is 7.31. The summed E-state index contributed by atoms with van der Waals surface area (Å²) in [5.41, 5.74) is 4.06. The second kappa shape index (κ2) is 3.16. The summed E-state index contributed by atoms with van der Waals surface area (Å²) in [6, 6.07) is 0. The molecule has 0 fully saturated rings. The molecule has 0 radical (unpaired) electrons. The fraction of sp³-hybridized carbons (Fsp3) is 0.182. The van der Waals surface area contributed by atoms with E-state index in [2.05, 4.69) is 10.5 Å². The first-order valence-corrected chi connectivity index (χ1v) is 5.00. The highest BCUT2D eigenvalue weighted by molar-refractivity contribution is 6.21. The van der Waals surface area contributed by atoms with Gasteiger partial charge in [0, 0.05) is 36.2 Å². The third-order valence-corrected chi connectivity index (χ3v) is 2.75. The highest BCUT2D eigenvalue weighted by Gasteiger charge is 2.31. The molecule has 3 rings (SSSR count). The minimum atomic E-state index is -0.112. The lowest BCUT2D eigenvalue weighted by molar-refractivity contribution is -0.125. The number of Topliss-reactive ketones (excluding diaryl/α,β-unsaturated/α-hetero) is 2. The standard InChI is InChI=1S/C11H9N3O2/c15-7-5-9-8(10(16)6-7)1-3-14-4-2-12-13-11(9)14/h1-4,12H,5-6H2. The van der Waals surface area contributed by atoms with Crippen LogP contribution < -0.4 is 5.43 Å². The number of carbonyl (C=O) groups is 2. The Hall–Kier alpha value is -2.17. The fourth-order valence-electron chi connectivity index (χ4n) is 2.03. The SMILES string of the molecule is O=C1CC(=O)C2=C(C1)C1=NNC=CN1C=C2. The zero-order valence-electron chi connectivity index (χ0n) is 8.43. The molecule has 1 N–H and O–H groups in total. The topological polar surface area (TPSA) is 61.8 Å². The molecule has 3 aliphatic rings. The zero-order chi connectivity index (χ0) is 11.1. The molecule has 0 bridgehead atoms. The van der Waals surface area contributed by atoms with Crippen LogP contribution in [0, 0.1) is 0 Å². The molecule has 0 unspecified atom stereocenters. The zero-order valence-corrected chi connectivity index (χ0v) is 8.43. The summed E-state index contributed by atoms with van der Waals surface area (Å²) < 4.78 is 0. The van der Waals surface area contributed by atoms with Crippen molar-refractivity contribution in [1.82, 2.24) is 10.3 Å². The molecule has 0 aromatic rings. The van der Waals surface area contributed by atoms with Crippen LogP contribution in [-0.2, 0) is 9.59 Å². The molecule has 0 saturated heterocycles. The average Bonchev–Trinajstić information content (AvgIpc) is 2.28. The summed E-state index contributed by atoms with van der Waals surface area (Å²) in [5.74, 6) is 0.483. The molecule has 0 spiro atoms. The van der Waals surface area contributed by atoms with Gasteiger partial charge in [-0.1, -0.05) is 0 Å². The van der Waals surface area contributed by atoms with Crippen LogP contribution in [-0.4, -0.2) is 22.3 Å². The second-order valence-corrected chi connectivity index (χ2v) is 3.81. The van der Waals surface area contributed by atoms with Gasteiger partial charge < -0.3 is 4.90 Å². The number of rotatable bonds is 0. The number of hydrazone groups is 1. The molecule has 0 aromatic heterocycles. The normalized spacial score (nSPS) is 22.8. The van der Waals surface area contributed by atoms with E-state index in [1.165, 1.54) is 0 Å². The van der Waals surface area contributed by atoms with Gasteiger partial charge in [0.2, 0.25) is 0 Å². The Morgan fingerprint density at radius 2 is 2.12 bits per heavy atom. The van der Waals surface area contributed by atoms with Crippen molar-refractivity contribution in [3.05, 3.63) is 35.8 Å². The van der Waals surface area contributed by atoms with Crippen LogP contribution in [0.3, 0.4) is 0 Å². The molecule has 16 heavy (non-hydrogen) atoms. The lowest BCUT2D eigenvalue weighted by atomic mass is 9.87. The van der Waals surface area contributed by atoms with Crippen LogP contribution in [0.25, 0.3) is 0 Å². The molecule has 80 valence electrons. The summed E-state index contributed by atoms with van der Waals surface area (Å²) in [4.78, 5) is 24.9. The number of amidine groups is 1. The van der Waals surface area contributed by atoms with E-state index in [9.17, 15) is 9.59 Å². The summed E-state index contributed by atoms with van der Waals surface area (Å²) >= 11 is 0. The summed E-state index contributed by atoms with van der Waals surface area (Å²) in [6.45, 7) is 0. The highest BCUT2D eigenvalue weighted by atomic mass is 16.1. The molecule has 2 heterocycles. The van der Waals surface area contributed by atoms with Crippen molar-refractivity contribution in [3.8, 4) is 0 Å². The number of hydrogen-bond acceptors (Lipinski definition) is 5. The Morgan fingerprint density at radius 3 is 3.00 bits per heavy atom. The molecule has 0 aromatic carbocycles. The van der Waals surface area contributed by atoms with Crippen molar-refractivity contribution < 1.29 is 9.59 Å². The van der Waals surface area contributed by atoms with Crippen molar-refractivity contribution in [2.45, 2.75) is 12.8 Å². The summed E-state index contributed by atoms with van der Waals surface area (Å²) in [5, 5.41) is 4.10. The third kappa shape index (κ3) is 1.21. The summed E-state index contributed by atoms with van der Waals surface area (Å²) in [7, 11) is 0. The number of nitrogens with one attached hydrogen (secondary N) is 1. The quantitative estimate of drug-likeness (QED) is 0.595. The third-order valence-electron chi connectivity index (χ3n) is 2.75. The Bertz CT molecular complexity index is 511. The van der Waals surface area contributed by atoms with Crippen molar-refractivity contribution >= 4 is 17.4 Å². The maximum Gasteiger partial charge on any atom is 0.170 e. The molecule has 0 atom stereocenters. The maximum atomic E-state index is 11.7. The predicted molar refractivity (Wildman–Crippen MR) is 57.0 cm³/mol. The van der Waals surface area contributed by atoms with Gasteiger partial charge in [-0.2, -0.15) is 5.10 Å². The predicted octanol–water partition coefficient (Wildman–Crippen LogP) is 0.432. The molecule has 0 amide bonds. The minimum absolute atomic E-state index is 0.0136. The van der Waals surface area contributed by atoms with E-state index in [-0.39, 0.29) is 24.4 Å². The Kier molecular flexibility index (Phi) is 1.80. The van der Waals surface area contributed by atoms with E-state index in [0.717, 1.165) is 5.57 Å². The van der Waals surface area contributed by atoms with Crippen LogP contribution in [0.15, 0.2) is 40.9 Å². The van der Waals surface area contributed by atoms with Crippen molar-refractivity contribution in [2.24, 2.45) is 5.10 Å². The van der Waals surface area contributed by atoms with Crippen molar-refractivity contribution in [3.63, 3.8) is 0 Å². The van der Waals surface area contributed by atoms with Gasteiger partial charge >= 0.3 is 0 Å². The van der Waals surface area contributed by atoms with Crippen LogP contribution in [0.5, 0.6) is 0 Å². The van der Waals surface area contributed by atoms with E-state index < -0.39 is 0 Å². The number of nitrogens with zero attached hydrogens (tertiary/aromatic N) is 2.